The van der Waals surface area contributed by atoms with Crippen molar-refractivity contribution >= 4 is 46.4 Å². The van der Waals surface area contributed by atoms with Gasteiger partial charge in [0.25, 0.3) is 5.91 Å². The molecule has 5 nitrogen and oxygen atoms in total. The number of hydrogen-bond acceptors (Lipinski definition) is 4. The van der Waals surface area contributed by atoms with Crippen molar-refractivity contribution in [2.75, 3.05) is 9.96 Å². The molecule has 0 unspecified atom stereocenters. The maximum Gasteiger partial charge on any atom is 0.266 e. The Balaban J connectivity index is 1.68. The molecule has 7 heteroatoms. The first-order chi connectivity index (χ1) is 13.5. The first-order valence-corrected chi connectivity index (χ1v) is 10.1. The molecule has 3 atom stereocenters. The molecular formula is C21H20Cl2N2O3. The van der Waals surface area contributed by atoms with E-state index in [2.05, 4.69) is 6.92 Å². The molecule has 28 heavy (non-hydrogen) atoms. The second kappa shape index (κ2) is 7.74. The lowest BCUT2D eigenvalue weighted by Gasteiger charge is -2.28. The molecule has 0 bridgehead atoms. The van der Waals surface area contributed by atoms with Crippen molar-refractivity contribution in [3.05, 3.63) is 58.6 Å². The van der Waals surface area contributed by atoms with Gasteiger partial charge in [0.15, 0.2) is 6.10 Å². The monoisotopic (exact) mass is 418 g/mol. The number of nitrogens with zero attached hydrogens (tertiary/aromatic N) is 2. The van der Waals surface area contributed by atoms with Crippen LogP contribution < -0.4 is 9.96 Å². The quantitative estimate of drug-likeness (QED) is 0.650. The van der Waals surface area contributed by atoms with Crippen molar-refractivity contribution in [2.24, 2.45) is 5.92 Å². The highest BCUT2D eigenvalue weighted by Gasteiger charge is 2.59. The number of anilines is 2. The van der Waals surface area contributed by atoms with Gasteiger partial charge >= 0.3 is 0 Å². The number of halogens is 2. The number of para-hydroxylation sites is 1. The summed E-state index contributed by atoms with van der Waals surface area (Å²) < 4.78 is 0. The van der Waals surface area contributed by atoms with E-state index in [1.807, 2.05) is 30.3 Å². The molecule has 0 aromatic heterocycles. The van der Waals surface area contributed by atoms with E-state index in [4.69, 9.17) is 28.0 Å². The van der Waals surface area contributed by atoms with Crippen molar-refractivity contribution in [1.29, 1.82) is 0 Å². The maximum atomic E-state index is 13.3. The highest BCUT2D eigenvalue weighted by Crippen LogP contribution is 2.42. The fourth-order valence-electron chi connectivity index (χ4n) is 3.91. The smallest absolute Gasteiger partial charge is 0.266 e. The van der Waals surface area contributed by atoms with Crippen LogP contribution in [0.5, 0.6) is 0 Å². The van der Waals surface area contributed by atoms with E-state index in [9.17, 15) is 9.59 Å². The number of fused-ring (bicyclic) bond motifs is 1. The van der Waals surface area contributed by atoms with Crippen LogP contribution in [0.25, 0.3) is 0 Å². The molecule has 0 radical (unpaired) electrons. The zero-order valence-corrected chi connectivity index (χ0v) is 16.9. The Morgan fingerprint density at radius 1 is 0.964 bits per heavy atom. The van der Waals surface area contributed by atoms with Crippen molar-refractivity contribution < 1.29 is 14.4 Å². The lowest BCUT2D eigenvalue weighted by atomic mass is 9.92. The summed E-state index contributed by atoms with van der Waals surface area (Å²) in [6.07, 6.45) is 1.87. The summed E-state index contributed by atoms with van der Waals surface area (Å²) in [6, 6.07) is 14.1. The van der Waals surface area contributed by atoms with E-state index in [1.54, 1.807) is 17.2 Å². The Kier molecular flexibility index (Phi) is 5.32. The van der Waals surface area contributed by atoms with Crippen LogP contribution >= 0.6 is 23.2 Å². The number of unbranched alkanes of at least 4 members (excludes halogenated alkanes) is 1. The third-order valence-electron chi connectivity index (χ3n) is 5.26. The van der Waals surface area contributed by atoms with Gasteiger partial charge in [-0.2, -0.15) is 0 Å². The first kappa shape index (κ1) is 19.2. The predicted octanol–water partition coefficient (Wildman–Crippen LogP) is 4.86. The fourth-order valence-corrected chi connectivity index (χ4v) is 4.20. The van der Waals surface area contributed by atoms with Gasteiger partial charge in [-0.3, -0.25) is 14.4 Å². The topological polar surface area (TPSA) is 49.9 Å². The van der Waals surface area contributed by atoms with Gasteiger partial charge in [-0.25, -0.2) is 9.96 Å². The molecule has 2 aromatic carbocycles. The molecule has 2 fully saturated rings. The molecule has 2 amide bonds. The van der Waals surface area contributed by atoms with E-state index in [0.717, 1.165) is 24.9 Å². The summed E-state index contributed by atoms with van der Waals surface area (Å²) in [7, 11) is 0. The Morgan fingerprint density at radius 2 is 1.71 bits per heavy atom. The van der Waals surface area contributed by atoms with Crippen LogP contribution in [0.3, 0.4) is 0 Å². The lowest BCUT2D eigenvalue weighted by Crippen LogP contribution is -2.40. The second-order valence-electron chi connectivity index (χ2n) is 7.03. The highest BCUT2D eigenvalue weighted by atomic mass is 35.5. The molecular weight excluding hydrogens is 399 g/mol. The molecule has 146 valence electrons. The van der Waals surface area contributed by atoms with Crippen LogP contribution in [0.1, 0.15) is 26.2 Å². The number of amides is 2. The van der Waals surface area contributed by atoms with Gasteiger partial charge in [0.2, 0.25) is 5.91 Å². The molecule has 2 aromatic rings. The number of hydroxylamine groups is 1. The van der Waals surface area contributed by atoms with E-state index in [-0.39, 0.29) is 17.9 Å². The summed E-state index contributed by atoms with van der Waals surface area (Å²) in [5, 5.41) is 2.41. The van der Waals surface area contributed by atoms with E-state index in [0.29, 0.717) is 15.7 Å². The predicted molar refractivity (Wildman–Crippen MR) is 110 cm³/mol. The standard InChI is InChI=1S/C21H20Cl2N2O3/c1-2-3-9-17-18-19(28-25(17)13-7-5-4-6-8-13)21(27)24(20(18)26)14-10-11-15(22)16(23)12-14/h4-8,10-12,17-19H,2-3,9H2,1H3/t17-,18+,19+/m1/s1. The van der Waals surface area contributed by atoms with E-state index in [1.165, 1.54) is 11.0 Å². The minimum atomic E-state index is -0.830. The first-order valence-electron chi connectivity index (χ1n) is 9.37. The number of benzene rings is 2. The van der Waals surface area contributed by atoms with Gasteiger partial charge in [0.1, 0.15) is 0 Å². The van der Waals surface area contributed by atoms with Crippen LogP contribution in [0.4, 0.5) is 11.4 Å². The third kappa shape index (κ3) is 3.17. The normalized spacial score (nSPS) is 24.2. The minimum Gasteiger partial charge on any atom is -0.273 e. The summed E-state index contributed by atoms with van der Waals surface area (Å²) in [4.78, 5) is 33.5. The van der Waals surface area contributed by atoms with Crippen LogP contribution in [0.15, 0.2) is 48.5 Å². The number of carbonyl (C=O) groups excluding carboxylic acids is 2. The summed E-state index contributed by atoms with van der Waals surface area (Å²) >= 11 is 12.1. The number of imide groups is 1. The van der Waals surface area contributed by atoms with Crippen molar-refractivity contribution in [3.8, 4) is 0 Å². The van der Waals surface area contributed by atoms with Crippen LogP contribution in [-0.4, -0.2) is 24.0 Å². The van der Waals surface area contributed by atoms with Gasteiger partial charge in [0, 0.05) is 0 Å². The van der Waals surface area contributed by atoms with Crippen molar-refractivity contribution in [1.82, 2.24) is 0 Å². The summed E-state index contributed by atoms with van der Waals surface area (Å²) in [6.45, 7) is 2.10. The molecule has 0 spiro atoms. The lowest BCUT2D eigenvalue weighted by molar-refractivity contribution is -0.126. The van der Waals surface area contributed by atoms with Gasteiger partial charge in [-0.15, -0.1) is 0 Å². The molecule has 0 N–H and O–H groups in total. The van der Waals surface area contributed by atoms with Gasteiger partial charge < -0.3 is 0 Å². The molecule has 2 aliphatic rings. The Labute approximate surface area is 173 Å². The van der Waals surface area contributed by atoms with Crippen LogP contribution in [0.2, 0.25) is 10.0 Å². The molecule has 2 heterocycles. The minimum absolute atomic E-state index is 0.198. The average molecular weight is 419 g/mol. The highest BCUT2D eigenvalue weighted by molar-refractivity contribution is 6.42. The zero-order valence-electron chi connectivity index (χ0n) is 15.3. The molecule has 4 rings (SSSR count). The fraction of sp³-hybridized carbons (Fsp3) is 0.333. The Bertz CT molecular complexity index is 906. The van der Waals surface area contributed by atoms with E-state index < -0.39 is 12.0 Å². The maximum absolute atomic E-state index is 13.3. The Morgan fingerprint density at radius 3 is 2.39 bits per heavy atom. The SMILES string of the molecule is CCCC[C@@H]1[C@@H]2C(=O)N(c3ccc(Cl)c(Cl)c3)C(=O)[C@H]2ON1c1ccccc1. The van der Waals surface area contributed by atoms with Crippen LogP contribution in [-0.2, 0) is 14.4 Å². The van der Waals surface area contributed by atoms with Gasteiger partial charge in [0.05, 0.1) is 33.4 Å². The van der Waals surface area contributed by atoms with Crippen LogP contribution in [0, 0.1) is 5.92 Å². The van der Waals surface area contributed by atoms with E-state index >= 15 is 0 Å². The largest absolute Gasteiger partial charge is 0.273 e. The number of hydrogen-bond donors (Lipinski definition) is 0. The number of rotatable bonds is 5. The molecule has 0 saturated carbocycles. The van der Waals surface area contributed by atoms with Crippen molar-refractivity contribution in [3.63, 3.8) is 0 Å². The van der Waals surface area contributed by atoms with Crippen molar-refractivity contribution in [2.45, 2.75) is 38.3 Å². The summed E-state index contributed by atoms with van der Waals surface area (Å²) in [5.74, 6) is -1.17. The number of carbonyl (C=O) groups is 2. The second-order valence-corrected chi connectivity index (χ2v) is 7.85. The summed E-state index contributed by atoms with van der Waals surface area (Å²) in [5.41, 5.74) is 1.27. The molecule has 2 saturated heterocycles. The average Bonchev–Trinajstić information content (AvgIpc) is 3.19. The Hall–Kier alpha value is -2.08. The molecule has 0 aliphatic carbocycles. The van der Waals surface area contributed by atoms with Gasteiger partial charge in [-0.05, 0) is 36.8 Å². The third-order valence-corrected chi connectivity index (χ3v) is 6.00. The molecule has 2 aliphatic heterocycles. The van der Waals surface area contributed by atoms with Gasteiger partial charge in [-0.1, -0.05) is 61.2 Å². The zero-order chi connectivity index (χ0) is 19.8.